The second-order valence-corrected chi connectivity index (χ2v) is 16.5. The van der Waals surface area contributed by atoms with Gasteiger partial charge in [0, 0.05) is 12.1 Å². The van der Waals surface area contributed by atoms with Gasteiger partial charge in [0.2, 0.25) is 0 Å². The highest BCUT2D eigenvalue weighted by atomic mass is 31.2. The molecule has 0 aliphatic rings. The summed E-state index contributed by atoms with van der Waals surface area (Å²) in [5.74, 6) is 0. The maximum Gasteiger partial charge on any atom is 0.339 e. The van der Waals surface area contributed by atoms with Gasteiger partial charge >= 0.3 is 30.4 Å². The Bertz CT molecular complexity index is 888. The normalized spacial score (nSPS) is 17.5. The van der Waals surface area contributed by atoms with Crippen LogP contribution in [0.3, 0.4) is 0 Å². The van der Waals surface area contributed by atoms with E-state index < -0.39 is 79.8 Å². The van der Waals surface area contributed by atoms with Crippen LogP contribution >= 0.6 is 30.4 Å². The molecular weight excluding hydrogens is 636 g/mol. The van der Waals surface area contributed by atoms with Gasteiger partial charge in [-0.3, -0.25) is 28.1 Å². The number of nitrogens with zero attached hydrogens (tertiary/aromatic N) is 2. The minimum Gasteiger partial charge on any atom is -0.377 e. The zero-order valence-electron chi connectivity index (χ0n) is 23.8. The average molecular weight is 682 g/mol. The molecule has 5 unspecified atom stereocenters. The molecule has 0 amide bonds. The van der Waals surface area contributed by atoms with Crippen molar-refractivity contribution in [1.29, 1.82) is 0 Å². The first-order chi connectivity index (χ1) is 18.4. The Morgan fingerprint density at radius 2 is 0.732 bits per heavy atom. The highest BCUT2D eigenvalue weighted by Crippen LogP contribution is 2.42. The Hall–Kier alpha value is 0.360. The smallest absolute Gasteiger partial charge is 0.339 e. The summed E-state index contributed by atoms with van der Waals surface area (Å²) in [6, 6.07) is -1.41. The predicted molar refractivity (Wildman–Crippen MR) is 147 cm³/mol. The molecule has 0 radical (unpaired) electrons. The highest BCUT2D eigenvalue weighted by Gasteiger charge is 2.30. The van der Waals surface area contributed by atoms with E-state index in [0.717, 1.165) is 9.80 Å². The van der Waals surface area contributed by atoms with Gasteiger partial charge < -0.3 is 58.1 Å². The van der Waals surface area contributed by atoms with Crippen LogP contribution in [0.2, 0.25) is 0 Å². The van der Waals surface area contributed by atoms with Crippen molar-refractivity contribution in [3.63, 3.8) is 0 Å². The first kappa shape index (κ1) is 41.4. The lowest BCUT2D eigenvalue weighted by molar-refractivity contribution is -0.0852. The summed E-state index contributed by atoms with van der Waals surface area (Å²) in [4.78, 5) is 75.4. The molecule has 0 aliphatic heterocycles. The fourth-order valence-corrected chi connectivity index (χ4v) is 6.98. The minimum atomic E-state index is -4.56. The molecule has 0 saturated carbocycles. The summed E-state index contributed by atoms with van der Waals surface area (Å²) in [6.07, 6.45) is -4.56. The van der Waals surface area contributed by atoms with Crippen molar-refractivity contribution < 1.29 is 76.4 Å². The molecule has 22 heteroatoms. The topological polar surface area (TPSA) is 274 Å². The summed E-state index contributed by atoms with van der Waals surface area (Å²) in [6.45, 7) is 8.45. The van der Waals surface area contributed by atoms with E-state index in [9.17, 15) is 57.4 Å². The van der Waals surface area contributed by atoms with E-state index in [4.69, 9.17) is 18.9 Å². The number of ether oxygens (including phenoxy) is 4. The van der Waals surface area contributed by atoms with E-state index in [0.29, 0.717) is 0 Å². The molecule has 0 fully saturated rings. The number of hydrogen-bond donors (Lipinski definition) is 8. The summed E-state index contributed by atoms with van der Waals surface area (Å²) in [5, 5.41) is 0. The Morgan fingerprint density at radius 3 is 1.05 bits per heavy atom. The van der Waals surface area contributed by atoms with E-state index in [1.807, 2.05) is 0 Å². The second kappa shape index (κ2) is 18.4. The predicted octanol–water partition coefficient (Wildman–Crippen LogP) is 0.140. The molecule has 248 valence electrons. The minimum absolute atomic E-state index is 0.0627. The molecule has 0 aromatic rings. The molecule has 0 saturated heterocycles. The Labute approximate surface area is 239 Å². The lowest BCUT2D eigenvalue weighted by atomic mass is 10.3. The van der Waals surface area contributed by atoms with Gasteiger partial charge in [-0.1, -0.05) is 0 Å². The van der Waals surface area contributed by atoms with Crippen LogP contribution in [-0.2, 0) is 37.2 Å². The maximum absolute atomic E-state index is 11.3. The lowest BCUT2D eigenvalue weighted by Gasteiger charge is -2.30. The van der Waals surface area contributed by atoms with Gasteiger partial charge in [0.05, 0.1) is 51.3 Å². The van der Waals surface area contributed by atoms with Crippen LogP contribution in [0.1, 0.15) is 34.6 Å². The molecular formula is C19H46N2O16P4. The molecule has 0 aliphatic carbocycles. The van der Waals surface area contributed by atoms with E-state index in [1.165, 1.54) is 13.8 Å². The Morgan fingerprint density at radius 1 is 0.463 bits per heavy atom. The first-order valence-electron chi connectivity index (χ1n) is 12.5. The van der Waals surface area contributed by atoms with Crippen LogP contribution < -0.4 is 0 Å². The van der Waals surface area contributed by atoms with Crippen LogP contribution in [-0.4, -0.2) is 138 Å². The summed E-state index contributed by atoms with van der Waals surface area (Å²) in [5.41, 5.74) is 0. The summed E-state index contributed by atoms with van der Waals surface area (Å²) >= 11 is 0. The number of rotatable bonds is 23. The largest absolute Gasteiger partial charge is 0.377 e. The van der Waals surface area contributed by atoms with Crippen LogP contribution in [0.4, 0.5) is 0 Å². The maximum atomic E-state index is 11.3. The molecule has 0 rings (SSSR count). The average Bonchev–Trinajstić information content (AvgIpc) is 2.75. The zero-order valence-corrected chi connectivity index (χ0v) is 27.4. The highest BCUT2D eigenvalue weighted by molar-refractivity contribution is 7.53. The third-order valence-electron chi connectivity index (χ3n) is 5.27. The van der Waals surface area contributed by atoms with Crippen molar-refractivity contribution in [3.8, 4) is 0 Å². The zero-order chi connectivity index (χ0) is 32.2. The molecule has 0 heterocycles. The fraction of sp³-hybridized carbons (Fsp3) is 1.00. The van der Waals surface area contributed by atoms with Gasteiger partial charge in [-0.15, -0.1) is 0 Å². The summed E-state index contributed by atoms with van der Waals surface area (Å²) < 4.78 is 67.7. The molecule has 5 atom stereocenters. The molecule has 0 spiro atoms. The molecule has 0 aromatic heterocycles. The van der Waals surface area contributed by atoms with Crippen molar-refractivity contribution in [2.24, 2.45) is 0 Å². The lowest BCUT2D eigenvalue weighted by Crippen LogP contribution is -2.39. The van der Waals surface area contributed by atoms with Gasteiger partial charge in [0.15, 0.2) is 0 Å². The molecule has 0 bridgehead atoms. The number of hydrogen-bond acceptors (Lipinski definition) is 10. The third-order valence-corrected chi connectivity index (χ3v) is 8.20. The van der Waals surface area contributed by atoms with Gasteiger partial charge in [0.25, 0.3) is 0 Å². The molecule has 18 nitrogen and oxygen atoms in total. The molecule has 0 aromatic carbocycles. The SMILES string of the molecule is CC(COCC(C)N(CP(=O)(O)O)CP(=O)(O)O)OCC(C)OCC(C)OCC(C)N(CP(=O)(O)O)CP(=O)(O)O. The van der Waals surface area contributed by atoms with Crippen molar-refractivity contribution in [2.45, 2.75) is 65.0 Å². The summed E-state index contributed by atoms with van der Waals surface area (Å²) in [7, 11) is -18.2. The quantitative estimate of drug-likeness (QED) is 0.0666. The monoisotopic (exact) mass is 682 g/mol. The van der Waals surface area contributed by atoms with Gasteiger partial charge in [0.1, 0.15) is 25.1 Å². The van der Waals surface area contributed by atoms with Crippen LogP contribution in [0.25, 0.3) is 0 Å². The standard InChI is InChI=1S/C19H46N2O16P4/c1-15(20(11-38(22,23)24)12-39(25,26)27)6-34-8-17(3)36-10-19(5)37-9-18(4)35-7-16(2)21(13-40(28,29)30)14-41(31,32)33/h15-19H,6-14H2,1-5H3,(H2,22,23,24)(H2,25,26,27)(H2,28,29,30)(H2,31,32,33). The van der Waals surface area contributed by atoms with Crippen molar-refractivity contribution in [3.05, 3.63) is 0 Å². The van der Waals surface area contributed by atoms with Crippen LogP contribution in [0, 0.1) is 0 Å². The van der Waals surface area contributed by atoms with Crippen molar-refractivity contribution in [1.82, 2.24) is 9.80 Å². The van der Waals surface area contributed by atoms with E-state index >= 15 is 0 Å². The molecule has 41 heavy (non-hydrogen) atoms. The second-order valence-electron chi connectivity index (χ2n) is 10.1. The first-order valence-corrected chi connectivity index (χ1v) is 19.6. The Kier molecular flexibility index (Phi) is 18.5. The van der Waals surface area contributed by atoms with E-state index in [2.05, 4.69) is 0 Å². The fourth-order valence-electron chi connectivity index (χ4n) is 3.26. The van der Waals surface area contributed by atoms with Gasteiger partial charge in [-0.25, -0.2) is 0 Å². The van der Waals surface area contributed by atoms with Gasteiger partial charge in [-0.05, 0) is 34.6 Å². The Balaban J connectivity index is 4.48. The van der Waals surface area contributed by atoms with Crippen molar-refractivity contribution in [2.75, 3.05) is 58.2 Å². The van der Waals surface area contributed by atoms with Crippen LogP contribution in [0.5, 0.6) is 0 Å². The van der Waals surface area contributed by atoms with E-state index in [1.54, 1.807) is 20.8 Å². The molecule has 8 N–H and O–H groups in total. The van der Waals surface area contributed by atoms with Crippen LogP contribution in [0.15, 0.2) is 0 Å². The van der Waals surface area contributed by atoms with E-state index in [-0.39, 0.29) is 39.1 Å². The van der Waals surface area contributed by atoms with Crippen molar-refractivity contribution >= 4 is 30.4 Å². The van der Waals surface area contributed by atoms with Gasteiger partial charge in [-0.2, -0.15) is 0 Å². The third kappa shape index (κ3) is 24.4.